The lowest BCUT2D eigenvalue weighted by atomic mass is 10.0. The Labute approximate surface area is 239 Å². The number of hydrogen-bond acceptors (Lipinski definition) is 4. The number of imide groups is 1. The van der Waals surface area contributed by atoms with Gasteiger partial charge in [-0.3, -0.25) is 14.5 Å². The highest BCUT2D eigenvalue weighted by Gasteiger charge is 2.36. The van der Waals surface area contributed by atoms with E-state index in [0.717, 1.165) is 44.4 Å². The molecule has 5 aromatic carbocycles. The van der Waals surface area contributed by atoms with Gasteiger partial charge in [0, 0.05) is 21.2 Å². The molecule has 2 amide bonds. The van der Waals surface area contributed by atoms with Crippen LogP contribution in [-0.4, -0.2) is 16.0 Å². The van der Waals surface area contributed by atoms with E-state index < -0.39 is 5.91 Å². The lowest BCUT2D eigenvalue weighted by Crippen LogP contribution is -2.27. The number of halogens is 2. The largest absolute Gasteiger partial charge is 0.488 e. The van der Waals surface area contributed by atoms with Gasteiger partial charge in [0.1, 0.15) is 12.4 Å². The molecule has 1 saturated heterocycles. The number of ether oxygens (including phenoxy) is 1. The fraction of sp³-hybridized carbons (Fsp3) is 0.0625. The molecule has 1 fully saturated rings. The molecule has 0 bridgehead atoms. The number of rotatable bonds is 6. The van der Waals surface area contributed by atoms with Crippen molar-refractivity contribution in [3.05, 3.63) is 129 Å². The number of nitrogens with zero attached hydrogens (tertiary/aromatic N) is 1. The van der Waals surface area contributed by atoms with Gasteiger partial charge < -0.3 is 4.74 Å². The summed E-state index contributed by atoms with van der Waals surface area (Å²) < 4.78 is 6.37. The SMILES string of the molecule is O=C1S/C(=C\c2c(OCc3cccc4ccccc34)ccc3ccccc23)C(=O)N1Cc1c(Cl)cccc1Cl. The van der Waals surface area contributed by atoms with Crippen molar-refractivity contribution in [1.82, 2.24) is 4.90 Å². The monoisotopic (exact) mass is 569 g/mol. The Kier molecular flexibility index (Phi) is 7.05. The van der Waals surface area contributed by atoms with Crippen molar-refractivity contribution in [3.63, 3.8) is 0 Å². The van der Waals surface area contributed by atoms with Gasteiger partial charge in [0.2, 0.25) is 0 Å². The lowest BCUT2D eigenvalue weighted by Gasteiger charge is -2.15. The van der Waals surface area contributed by atoms with Crippen LogP contribution in [0.15, 0.2) is 102 Å². The standard InChI is InChI=1S/C32H21Cl2NO3S/c33-27-13-6-14-28(34)26(27)18-35-31(36)30(39-32(35)37)17-25-24-12-4-2-8-21(24)15-16-29(25)38-19-22-10-5-9-20-7-1-3-11-23(20)22/h1-17H,18-19H2/b30-17-. The van der Waals surface area contributed by atoms with E-state index in [1.165, 1.54) is 4.90 Å². The summed E-state index contributed by atoms with van der Waals surface area (Å²) in [5.74, 6) is 0.233. The van der Waals surface area contributed by atoms with Gasteiger partial charge in [-0.1, -0.05) is 102 Å². The van der Waals surface area contributed by atoms with Crippen LogP contribution in [0.5, 0.6) is 5.75 Å². The van der Waals surface area contributed by atoms with Crippen molar-refractivity contribution < 1.29 is 14.3 Å². The predicted molar refractivity (Wildman–Crippen MR) is 160 cm³/mol. The molecular formula is C32H21Cl2NO3S. The molecule has 39 heavy (non-hydrogen) atoms. The van der Waals surface area contributed by atoms with E-state index >= 15 is 0 Å². The topological polar surface area (TPSA) is 46.6 Å². The first-order chi connectivity index (χ1) is 19.0. The average Bonchev–Trinajstić information content (AvgIpc) is 3.21. The summed E-state index contributed by atoms with van der Waals surface area (Å²) >= 11 is 13.5. The first-order valence-electron chi connectivity index (χ1n) is 12.3. The second kappa shape index (κ2) is 10.8. The van der Waals surface area contributed by atoms with Crippen molar-refractivity contribution >= 4 is 73.7 Å². The summed E-state index contributed by atoms with van der Waals surface area (Å²) in [6, 6.07) is 31.2. The highest BCUT2D eigenvalue weighted by Crippen LogP contribution is 2.39. The zero-order chi connectivity index (χ0) is 26.9. The van der Waals surface area contributed by atoms with Crippen molar-refractivity contribution in [2.45, 2.75) is 13.2 Å². The van der Waals surface area contributed by atoms with Crippen molar-refractivity contribution in [2.24, 2.45) is 0 Å². The first-order valence-corrected chi connectivity index (χ1v) is 13.9. The summed E-state index contributed by atoms with van der Waals surface area (Å²) in [5.41, 5.74) is 2.34. The van der Waals surface area contributed by atoms with Gasteiger partial charge >= 0.3 is 0 Å². The van der Waals surface area contributed by atoms with E-state index in [2.05, 4.69) is 18.2 Å². The highest BCUT2D eigenvalue weighted by molar-refractivity contribution is 8.18. The lowest BCUT2D eigenvalue weighted by molar-refractivity contribution is -0.123. The molecule has 0 spiro atoms. The van der Waals surface area contributed by atoms with Gasteiger partial charge in [-0.2, -0.15) is 0 Å². The third-order valence-corrected chi connectivity index (χ3v) is 8.34. The molecule has 0 saturated carbocycles. The Bertz CT molecular complexity index is 1770. The maximum Gasteiger partial charge on any atom is 0.293 e. The van der Waals surface area contributed by atoms with Crippen LogP contribution < -0.4 is 4.74 Å². The third-order valence-electron chi connectivity index (χ3n) is 6.72. The van der Waals surface area contributed by atoms with Crippen LogP contribution >= 0.6 is 35.0 Å². The summed E-state index contributed by atoms with van der Waals surface area (Å²) in [7, 11) is 0. The second-order valence-corrected chi connectivity index (χ2v) is 10.9. The van der Waals surface area contributed by atoms with Crippen molar-refractivity contribution in [2.75, 3.05) is 0 Å². The van der Waals surface area contributed by atoms with Gasteiger partial charge in [0.25, 0.3) is 11.1 Å². The van der Waals surface area contributed by atoms with E-state index in [1.54, 1.807) is 24.3 Å². The Morgan fingerprint density at radius 1 is 0.744 bits per heavy atom. The molecule has 5 aromatic rings. The van der Waals surface area contributed by atoms with Crippen molar-refractivity contribution in [1.29, 1.82) is 0 Å². The van der Waals surface area contributed by atoms with E-state index in [-0.39, 0.29) is 11.8 Å². The average molecular weight is 570 g/mol. The highest BCUT2D eigenvalue weighted by atomic mass is 35.5. The number of amides is 2. The number of benzene rings is 5. The second-order valence-electron chi connectivity index (χ2n) is 9.09. The molecule has 1 heterocycles. The van der Waals surface area contributed by atoms with E-state index in [4.69, 9.17) is 27.9 Å². The molecule has 1 aliphatic heterocycles. The van der Waals surface area contributed by atoms with E-state index in [0.29, 0.717) is 32.9 Å². The van der Waals surface area contributed by atoms with Crippen LogP contribution in [0.4, 0.5) is 4.79 Å². The zero-order valence-corrected chi connectivity index (χ0v) is 22.9. The van der Waals surface area contributed by atoms with Crippen LogP contribution in [0.3, 0.4) is 0 Å². The smallest absolute Gasteiger partial charge is 0.293 e. The molecule has 0 aliphatic carbocycles. The molecule has 4 nitrogen and oxygen atoms in total. The van der Waals surface area contributed by atoms with Crippen LogP contribution in [0.25, 0.3) is 27.6 Å². The van der Waals surface area contributed by atoms with Crippen LogP contribution in [0.2, 0.25) is 10.0 Å². The summed E-state index contributed by atoms with van der Waals surface area (Å²) in [6.07, 6.45) is 1.75. The minimum absolute atomic E-state index is 0.000485. The summed E-state index contributed by atoms with van der Waals surface area (Å²) in [6.45, 7) is 0.355. The van der Waals surface area contributed by atoms with Gasteiger partial charge in [0.05, 0.1) is 11.4 Å². The maximum atomic E-state index is 13.4. The first kappa shape index (κ1) is 25.5. The molecule has 0 unspecified atom stereocenters. The van der Waals surface area contributed by atoms with Crippen molar-refractivity contribution in [3.8, 4) is 5.75 Å². The maximum absolute atomic E-state index is 13.4. The van der Waals surface area contributed by atoms with Crippen LogP contribution in [0, 0.1) is 0 Å². The fourth-order valence-electron chi connectivity index (χ4n) is 4.73. The summed E-state index contributed by atoms with van der Waals surface area (Å²) in [5, 5.41) is 4.64. The number of carbonyl (C=O) groups excluding carboxylic acids is 2. The molecule has 6 rings (SSSR count). The molecule has 0 aromatic heterocycles. The van der Waals surface area contributed by atoms with Crippen LogP contribution in [0.1, 0.15) is 16.7 Å². The minimum atomic E-state index is -0.395. The quantitative estimate of drug-likeness (QED) is 0.191. The zero-order valence-electron chi connectivity index (χ0n) is 20.6. The van der Waals surface area contributed by atoms with E-state index in [9.17, 15) is 9.59 Å². The Balaban J connectivity index is 1.35. The fourth-order valence-corrected chi connectivity index (χ4v) is 6.07. The number of carbonyl (C=O) groups is 2. The van der Waals surface area contributed by atoms with Gasteiger partial charge in [-0.05, 0) is 63.1 Å². The van der Waals surface area contributed by atoms with E-state index in [1.807, 2.05) is 60.7 Å². The number of hydrogen-bond donors (Lipinski definition) is 0. The Morgan fingerprint density at radius 2 is 1.38 bits per heavy atom. The minimum Gasteiger partial charge on any atom is -0.488 e. The number of thioether (sulfide) groups is 1. The Morgan fingerprint density at radius 3 is 2.15 bits per heavy atom. The third kappa shape index (κ3) is 5.01. The summed E-state index contributed by atoms with van der Waals surface area (Å²) in [4.78, 5) is 27.8. The van der Waals surface area contributed by atoms with Gasteiger partial charge in [-0.15, -0.1) is 0 Å². The molecule has 0 N–H and O–H groups in total. The molecule has 0 radical (unpaired) electrons. The van der Waals surface area contributed by atoms with Crippen LogP contribution in [-0.2, 0) is 17.9 Å². The molecule has 0 atom stereocenters. The molecule has 7 heteroatoms. The number of fused-ring (bicyclic) bond motifs is 2. The predicted octanol–water partition coefficient (Wildman–Crippen LogP) is 9.12. The normalized spacial score (nSPS) is 14.6. The van der Waals surface area contributed by atoms with Gasteiger partial charge in [0.15, 0.2) is 0 Å². The Hall–Kier alpha value is -3.77. The van der Waals surface area contributed by atoms with Gasteiger partial charge in [-0.25, -0.2) is 0 Å². The molecule has 1 aliphatic rings. The molecular weight excluding hydrogens is 549 g/mol. The molecule has 192 valence electrons.